The van der Waals surface area contributed by atoms with Gasteiger partial charge in [0, 0.05) is 79.5 Å². The lowest BCUT2D eigenvalue weighted by atomic mass is 9.73. The lowest BCUT2D eigenvalue weighted by Gasteiger charge is -2.45. The Morgan fingerprint density at radius 2 is 1.43 bits per heavy atom. The highest BCUT2D eigenvalue weighted by Gasteiger charge is 2.56. The van der Waals surface area contributed by atoms with Gasteiger partial charge in [-0.3, -0.25) is 9.69 Å². The van der Waals surface area contributed by atoms with Crippen molar-refractivity contribution in [3.05, 3.63) is 107 Å². The van der Waals surface area contributed by atoms with Gasteiger partial charge in [0.15, 0.2) is 0 Å². The van der Waals surface area contributed by atoms with Gasteiger partial charge in [0.2, 0.25) is 0 Å². The normalized spacial score (nSPS) is 14.4. The fourth-order valence-electron chi connectivity index (χ4n) is 6.28. The van der Waals surface area contributed by atoms with Crippen molar-refractivity contribution in [3.63, 3.8) is 0 Å². The molecule has 0 saturated heterocycles. The van der Waals surface area contributed by atoms with E-state index in [9.17, 15) is 4.79 Å². The van der Waals surface area contributed by atoms with Crippen molar-refractivity contribution in [2.24, 2.45) is 0 Å². The van der Waals surface area contributed by atoms with Gasteiger partial charge in [-0.25, -0.2) is 0 Å². The lowest BCUT2D eigenvalue weighted by molar-refractivity contribution is 0.0642. The highest BCUT2D eigenvalue weighted by molar-refractivity contribution is 6.02. The molecule has 1 spiro atoms. The Hall–Kier alpha value is -4.03. The van der Waals surface area contributed by atoms with E-state index in [1.54, 1.807) is 0 Å². The second-order valence-corrected chi connectivity index (χ2v) is 10.5. The van der Waals surface area contributed by atoms with E-state index >= 15 is 0 Å². The van der Waals surface area contributed by atoms with Crippen molar-refractivity contribution in [2.75, 3.05) is 49.9 Å². The topological polar surface area (TPSA) is 56.8 Å². The largest absolute Gasteiger partial charge is 0.456 e. The maximum atomic E-state index is 14.3. The second kappa shape index (κ2) is 11.2. The molecule has 2 N–H and O–H groups in total. The predicted octanol–water partition coefficient (Wildman–Crippen LogP) is 6.69. The molecular formula is C34H40N4O2. The molecule has 5 rings (SSSR count). The zero-order valence-electron chi connectivity index (χ0n) is 24.1. The molecule has 0 unspecified atom stereocenters. The van der Waals surface area contributed by atoms with Crippen molar-refractivity contribution in [1.82, 2.24) is 9.80 Å². The number of amides is 1. The highest BCUT2D eigenvalue weighted by Crippen LogP contribution is 2.58. The molecule has 0 bridgehead atoms. The lowest BCUT2D eigenvalue weighted by Crippen LogP contribution is -2.50. The summed E-state index contributed by atoms with van der Waals surface area (Å²) < 4.78 is 6.69. The zero-order chi connectivity index (χ0) is 28.4. The van der Waals surface area contributed by atoms with Crippen LogP contribution in [0.5, 0.6) is 11.5 Å². The SMILES string of the molecule is C=CCN(CC=C)CCN1C(=O)c2ccccc2C12c1cc(C)c(NCC)cc1Oc1cc(NCC)c(C)cc12. The summed E-state index contributed by atoms with van der Waals surface area (Å²) in [5.74, 6) is 1.57. The van der Waals surface area contributed by atoms with Gasteiger partial charge in [-0.1, -0.05) is 30.4 Å². The first-order valence-corrected chi connectivity index (χ1v) is 14.2. The molecule has 0 fully saturated rings. The summed E-state index contributed by atoms with van der Waals surface area (Å²) in [6.07, 6.45) is 3.80. The number of aryl methyl sites for hydroxylation is 2. The number of hydrogen-bond donors (Lipinski definition) is 2. The molecule has 0 saturated carbocycles. The van der Waals surface area contributed by atoms with Gasteiger partial charge in [0.05, 0.1) is 0 Å². The number of nitrogens with zero attached hydrogens (tertiary/aromatic N) is 2. The second-order valence-electron chi connectivity index (χ2n) is 10.5. The minimum atomic E-state index is -0.824. The first kappa shape index (κ1) is 27.5. The van der Waals surface area contributed by atoms with E-state index in [2.05, 4.69) is 91.6 Å². The summed E-state index contributed by atoms with van der Waals surface area (Å²) in [4.78, 5) is 18.6. The van der Waals surface area contributed by atoms with E-state index in [-0.39, 0.29) is 5.91 Å². The maximum Gasteiger partial charge on any atom is 0.255 e. The Bertz CT molecular complexity index is 1390. The van der Waals surface area contributed by atoms with E-state index in [0.717, 1.165) is 82.4 Å². The molecular weight excluding hydrogens is 496 g/mol. The Morgan fingerprint density at radius 1 is 0.875 bits per heavy atom. The first-order chi connectivity index (χ1) is 19.4. The summed E-state index contributed by atoms with van der Waals surface area (Å²) in [5, 5.41) is 6.96. The van der Waals surface area contributed by atoms with Crippen LogP contribution in [0.1, 0.15) is 52.0 Å². The predicted molar refractivity (Wildman–Crippen MR) is 165 cm³/mol. The quantitative estimate of drug-likeness (QED) is 0.267. The van der Waals surface area contributed by atoms with E-state index in [1.807, 2.05) is 30.4 Å². The van der Waals surface area contributed by atoms with Crippen LogP contribution in [0, 0.1) is 13.8 Å². The Balaban J connectivity index is 1.79. The zero-order valence-corrected chi connectivity index (χ0v) is 24.1. The number of anilines is 2. The summed E-state index contributed by atoms with van der Waals surface area (Å²) in [5.41, 5.74) is 7.19. The standard InChI is InChI=1S/C34H40N4O2/c1-7-15-37(16-8-2)17-18-38-33(39)25-13-11-12-14-26(25)34(38)27-19-23(5)29(35-9-3)21-31(27)40-32-22-30(36-10-4)24(6)20-28(32)34/h7-8,11-14,19-22,35-36H,1-2,9-10,15-18H2,3-6H3. The number of ether oxygens (including phenoxy) is 1. The number of carbonyl (C=O) groups excluding carboxylic acids is 1. The van der Waals surface area contributed by atoms with Crippen LogP contribution in [0.4, 0.5) is 11.4 Å². The first-order valence-electron chi connectivity index (χ1n) is 14.2. The molecule has 208 valence electrons. The van der Waals surface area contributed by atoms with Crippen LogP contribution >= 0.6 is 0 Å². The number of rotatable bonds is 11. The average Bonchev–Trinajstić information content (AvgIpc) is 3.18. The fourth-order valence-corrected chi connectivity index (χ4v) is 6.28. The molecule has 1 amide bonds. The third kappa shape index (κ3) is 4.37. The molecule has 2 aliphatic rings. The van der Waals surface area contributed by atoms with Gasteiger partial charge in [0.25, 0.3) is 5.91 Å². The van der Waals surface area contributed by atoms with Gasteiger partial charge in [0.1, 0.15) is 17.0 Å². The Kier molecular flexibility index (Phi) is 7.72. The van der Waals surface area contributed by atoms with Crippen LogP contribution in [0.3, 0.4) is 0 Å². The molecule has 3 aromatic rings. The molecule has 6 heteroatoms. The fraction of sp³-hybridized carbons (Fsp3) is 0.324. The number of fused-ring (bicyclic) bond motifs is 6. The molecule has 6 nitrogen and oxygen atoms in total. The van der Waals surface area contributed by atoms with E-state index < -0.39 is 5.54 Å². The van der Waals surface area contributed by atoms with Gasteiger partial charge in [-0.15, -0.1) is 13.2 Å². The van der Waals surface area contributed by atoms with Crippen LogP contribution in [0.15, 0.2) is 73.8 Å². The molecule has 0 atom stereocenters. The van der Waals surface area contributed by atoms with Crippen LogP contribution in [-0.2, 0) is 5.54 Å². The molecule has 40 heavy (non-hydrogen) atoms. The molecule has 2 heterocycles. The Morgan fingerprint density at radius 3 is 1.95 bits per heavy atom. The molecule has 0 aromatic heterocycles. The van der Waals surface area contributed by atoms with E-state index in [1.165, 1.54) is 0 Å². The minimum Gasteiger partial charge on any atom is -0.456 e. The average molecular weight is 537 g/mol. The third-order valence-corrected chi connectivity index (χ3v) is 8.00. The van der Waals surface area contributed by atoms with Crippen molar-refractivity contribution < 1.29 is 9.53 Å². The monoisotopic (exact) mass is 536 g/mol. The Labute approximate surface area is 238 Å². The number of nitrogens with one attached hydrogen (secondary N) is 2. The minimum absolute atomic E-state index is 0.0355. The number of benzene rings is 3. The van der Waals surface area contributed by atoms with Gasteiger partial charge in [-0.2, -0.15) is 0 Å². The molecule has 0 aliphatic carbocycles. The molecule has 2 aliphatic heterocycles. The van der Waals surface area contributed by atoms with Crippen molar-refractivity contribution in [1.29, 1.82) is 0 Å². The van der Waals surface area contributed by atoms with Gasteiger partial charge < -0.3 is 20.3 Å². The summed E-state index contributed by atoms with van der Waals surface area (Å²) >= 11 is 0. The van der Waals surface area contributed by atoms with Crippen LogP contribution in [0.2, 0.25) is 0 Å². The van der Waals surface area contributed by atoms with E-state index in [4.69, 9.17) is 4.74 Å². The maximum absolute atomic E-state index is 14.3. The molecule has 3 aromatic carbocycles. The van der Waals surface area contributed by atoms with Crippen LogP contribution in [0.25, 0.3) is 0 Å². The van der Waals surface area contributed by atoms with Crippen LogP contribution in [-0.4, -0.2) is 55.0 Å². The number of hydrogen-bond acceptors (Lipinski definition) is 5. The van der Waals surface area contributed by atoms with E-state index in [0.29, 0.717) is 13.1 Å². The molecule has 0 radical (unpaired) electrons. The smallest absolute Gasteiger partial charge is 0.255 e. The van der Waals surface area contributed by atoms with Crippen molar-refractivity contribution >= 4 is 17.3 Å². The summed E-state index contributed by atoms with van der Waals surface area (Å²) in [7, 11) is 0. The van der Waals surface area contributed by atoms with Gasteiger partial charge in [-0.05, 0) is 62.6 Å². The van der Waals surface area contributed by atoms with Crippen molar-refractivity contribution in [3.8, 4) is 11.5 Å². The third-order valence-electron chi connectivity index (χ3n) is 8.00. The highest BCUT2D eigenvalue weighted by atomic mass is 16.5. The van der Waals surface area contributed by atoms with Crippen LogP contribution < -0.4 is 15.4 Å². The van der Waals surface area contributed by atoms with Crippen molar-refractivity contribution in [2.45, 2.75) is 33.2 Å². The number of carbonyl (C=O) groups is 1. The summed E-state index contributed by atoms with van der Waals surface area (Å²) in [6, 6.07) is 16.7. The summed E-state index contributed by atoms with van der Waals surface area (Å²) in [6.45, 7) is 20.6. The van der Waals surface area contributed by atoms with Gasteiger partial charge >= 0.3 is 0 Å².